The molecule has 6 nitrogen and oxygen atoms in total. The Kier molecular flexibility index (Phi) is 56.3. The summed E-state index contributed by atoms with van der Waals surface area (Å²) in [6.45, 7) is 6.48. The summed E-state index contributed by atoms with van der Waals surface area (Å²) in [6.07, 6.45) is 77.3. The van der Waals surface area contributed by atoms with Gasteiger partial charge in [0.2, 0.25) is 0 Å². The molecule has 0 saturated heterocycles. The van der Waals surface area contributed by atoms with Crippen LogP contribution in [0.15, 0.2) is 85.1 Å². The zero-order valence-corrected chi connectivity index (χ0v) is 46.7. The van der Waals surface area contributed by atoms with Gasteiger partial charge in [-0.1, -0.05) is 273 Å². The Labute approximate surface area is 439 Å². The molecule has 0 rings (SSSR count). The summed E-state index contributed by atoms with van der Waals surface area (Å²) >= 11 is 0. The molecule has 0 fully saturated rings. The van der Waals surface area contributed by atoms with Crippen molar-refractivity contribution in [3.63, 3.8) is 0 Å². The second kappa shape index (κ2) is 59.2. The third-order valence-corrected chi connectivity index (χ3v) is 12.9. The lowest BCUT2D eigenvalue weighted by Crippen LogP contribution is -2.30. The van der Waals surface area contributed by atoms with Gasteiger partial charge < -0.3 is 14.2 Å². The van der Waals surface area contributed by atoms with E-state index in [-0.39, 0.29) is 37.5 Å². The molecule has 0 aromatic heterocycles. The van der Waals surface area contributed by atoms with Gasteiger partial charge in [0, 0.05) is 19.3 Å². The molecule has 0 aliphatic carbocycles. The average molecular weight is 990 g/mol. The monoisotopic (exact) mass is 989 g/mol. The lowest BCUT2D eigenvalue weighted by Gasteiger charge is -2.18. The van der Waals surface area contributed by atoms with Gasteiger partial charge >= 0.3 is 17.9 Å². The van der Waals surface area contributed by atoms with E-state index in [0.717, 1.165) is 83.5 Å². The highest BCUT2D eigenvalue weighted by Crippen LogP contribution is 2.16. The Morgan fingerprint density at radius 1 is 0.296 bits per heavy atom. The second-order valence-corrected chi connectivity index (χ2v) is 19.9. The lowest BCUT2D eigenvalue weighted by molar-refractivity contribution is -0.166. The van der Waals surface area contributed by atoms with Crippen LogP contribution in [0.2, 0.25) is 0 Å². The number of ether oxygens (including phenoxy) is 3. The van der Waals surface area contributed by atoms with Crippen molar-refractivity contribution in [2.24, 2.45) is 0 Å². The van der Waals surface area contributed by atoms with Crippen LogP contribution in [0.4, 0.5) is 0 Å². The van der Waals surface area contributed by atoms with Gasteiger partial charge in [0.15, 0.2) is 6.10 Å². The molecule has 0 aromatic rings. The molecule has 71 heavy (non-hydrogen) atoms. The topological polar surface area (TPSA) is 78.9 Å². The Bertz CT molecular complexity index is 1370. The van der Waals surface area contributed by atoms with E-state index in [1.54, 1.807) is 0 Å². The Balaban J connectivity index is 4.47. The van der Waals surface area contributed by atoms with Crippen molar-refractivity contribution in [3.05, 3.63) is 85.1 Å². The first-order chi connectivity index (χ1) is 35.0. The normalized spacial score (nSPS) is 12.7. The standard InChI is InChI=1S/C65H112O6/c1-4-7-10-13-16-19-22-25-28-30-32-34-37-40-43-46-49-52-55-58-64(67)70-61-62(60-69-63(66)57-54-51-48-45-42-39-36-27-24-21-18-15-12-9-6-3)71-65(68)59-56-53-50-47-44-41-38-35-33-31-29-26-23-20-17-14-11-8-5-2/h7,10,16,19,25,27-28,32,34,36,40,43,49,52,62H,4-6,8-9,11-15,17-18,20-24,26,29-31,33,35,37-39,41-42,44-48,50-51,53-61H2,1-3H3/b10-7-,19-16-,28-25-,34-32-,36-27-,43-40-,52-49-. The van der Waals surface area contributed by atoms with Crippen LogP contribution in [0.1, 0.15) is 290 Å². The van der Waals surface area contributed by atoms with Crippen molar-refractivity contribution >= 4 is 17.9 Å². The van der Waals surface area contributed by atoms with Crippen LogP contribution in [0.25, 0.3) is 0 Å². The summed E-state index contributed by atoms with van der Waals surface area (Å²) in [6, 6.07) is 0. The average Bonchev–Trinajstić information content (AvgIpc) is 3.37. The summed E-state index contributed by atoms with van der Waals surface area (Å²) in [5.41, 5.74) is 0. The summed E-state index contributed by atoms with van der Waals surface area (Å²) in [7, 11) is 0. The molecule has 0 amide bonds. The van der Waals surface area contributed by atoms with Crippen LogP contribution in [0.3, 0.4) is 0 Å². The molecule has 0 aliphatic rings. The number of hydrogen-bond acceptors (Lipinski definition) is 6. The highest BCUT2D eigenvalue weighted by molar-refractivity contribution is 5.71. The van der Waals surface area contributed by atoms with Crippen LogP contribution in [-0.4, -0.2) is 37.2 Å². The number of unbranched alkanes of at least 4 members (excludes halogenated alkanes) is 29. The molecule has 0 spiro atoms. The summed E-state index contributed by atoms with van der Waals surface area (Å²) < 4.78 is 16.8. The highest BCUT2D eigenvalue weighted by Gasteiger charge is 2.19. The number of esters is 3. The van der Waals surface area contributed by atoms with Gasteiger partial charge in [-0.05, 0) is 83.5 Å². The maximum atomic E-state index is 12.9. The fraction of sp³-hybridized carbons (Fsp3) is 0.738. The fourth-order valence-corrected chi connectivity index (χ4v) is 8.41. The zero-order chi connectivity index (χ0) is 51.4. The van der Waals surface area contributed by atoms with Gasteiger partial charge in [-0.3, -0.25) is 14.4 Å². The van der Waals surface area contributed by atoms with Crippen LogP contribution in [-0.2, 0) is 28.6 Å². The predicted octanol–water partition coefficient (Wildman–Crippen LogP) is 20.3. The molecule has 0 heterocycles. The largest absolute Gasteiger partial charge is 0.462 e. The summed E-state index contributed by atoms with van der Waals surface area (Å²) in [5.74, 6) is -0.986. The number of carbonyl (C=O) groups excluding carboxylic acids is 3. The van der Waals surface area contributed by atoms with E-state index in [0.29, 0.717) is 19.3 Å². The molecule has 0 saturated carbocycles. The van der Waals surface area contributed by atoms with Crippen LogP contribution >= 0.6 is 0 Å². The van der Waals surface area contributed by atoms with Crippen molar-refractivity contribution in [2.45, 2.75) is 297 Å². The van der Waals surface area contributed by atoms with E-state index >= 15 is 0 Å². The van der Waals surface area contributed by atoms with Gasteiger partial charge in [0.1, 0.15) is 13.2 Å². The SMILES string of the molecule is CC/C=C\C/C=C\C/C=C\C/C=C\C/C=C\C/C=C\CCC(=O)OCC(COC(=O)CCCCCCC/C=C\CCCCCCCC)OC(=O)CCCCCCCCCCCCCCCCCCCCC. The first-order valence-electron chi connectivity index (χ1n) is 30.1. The van der Waals surface area contributed by atoms with E-state index in [4.69, 9.17) is 14.2 Å². The molecule has 1 unspecified atom stereocenters. The molecule has 408 valence electrons. The fourth-order valence-electron chi connectivity index (χ4n) is 8.41. The van der Waals surface area contributed by atoms with Crippen molar-refractivity contribution in [2.75, 3.05) is 13.2 Å². The van der Waals surface area contributed by atoms with E-state index < -0.39 is 6.10 Å². The minimum Gasteiger partial charge on any atom is -0.462 e. The molecule has 0 N–H and O–H groups in total. The van der Waals surface area contributed by atoms with Crippen LogP contribution in [0, 0.1) is 0 Å². The smallest absolute Gasteiger partial charge is 0.306 e. The molecule has 0 radical (unpaired) electrons. The zero-order valence-electron chi connectivity index (χ0n) is 46.7. The maximum absolute atomic E-state index is 12.9. The molecular weight excluding hydrogens is 877 g/mol. The van der Waals surface area contributed by atoms with Gasteiger partial charge in [-0.25, -0.2) is 0 Å². The molecule has 0 aromatic carbocycles. The first kappa shape index (κ1) is 67.6. The molecular formula is C65H112O6. The van der Waals surface area contributed by atoms with Gasteiger partial charge in [0.05, 0.1) is 0 Å². The quantitative estimate of drug-likeness (QED) is 0.0261. The lowest BCUT2D eigenvalue weighted by atomic mass is 10.0. The van der Waals surface area contributed by atoms with Crippen molar-refractivity contribution in [1.82, 2.24) is 0 Å². The number of carbonyl (C=O) groups is 3. The first-order valence-corrected chi connectivity index (χ1v) is 30.1. The van der Waals surface area contributed by atoms with Crippen LogP contribution in [0.5, 0.6) is 0 Å². The van der Waals surface area contributed by atoms with Gasteiger partial charge in [0.25, 0.3) is 0 Å². The summed E-state index contributed by atoms with van der Waals surface area (Å²) in [4.78, 5) is 38.2. The molecule has 0 bridgehead atoms. The van der Waals surface area contributed by atoms with Crippen molar-refractivity contribution in [3.8, 4) is 0 Å². The Morgan fingerprint density at radius 2 is 0.577 bits per heavy atom. The minimum absolute atomic E-state index is 0.102. The van der Waals surface area contributed by atoms with Crippen molar-refractivity contribution in [1.29, 1.82) is 0 Å². The number of rotatable bonds is 54. The van der Waals surface area contributed by atoms with E-state index in [2.05, 4.69) is 99.8 Å². The maximum Gasteiger partial charge on any atom is 0.306 e. The Hall–Kier alpha value is -3.41. The van der Waals surface area contributed by atoms with Crippen molar-refractivity contribution < 1.29 is 28.6 Å². The third-order valence-electron chi connectivity index (χ3n) is 12.9. The molecule has 6 heteroatoms. The number of allylic oxidation sites excluding steroid dienone is 14. The molecule has 0 aliphatic heterocycles. The van der Waals surface area contributed by atoms with Gasteiger partial charge in [-0.2, -0.15) is 0 Å². The summed E-state index contributed by atoms with van der Waals surface area (Å²) in [5, 5.41) is 0. The highest BCUT2D eigenvalue weighted by atomic mass is 16.6. The van der Waals surface area contributed by atoms with Gasteiger partial charge in [-0.15, -0.1) is 0 Å². The van der Waals surface area contributed by atoms with E-state index in [1.165, 1.54) is 161 Å². The third kappa shape index (κ3) is 57.4. The number of hydrogen-bond donors (Lipinski definition) is 0. The van der Waals surface area contributed by atoms with Crippen LogP contribution < -0.4 is 0 Å². The predicted molar refractivity (Wildman–Crippen MR) is 307 cm³/mol. The molecule has 1 atom stereocenters. The minimum atomic E-state index is -0.810. The Morgan fingerprint density at radius 3 is 0.944 bits per heavy atom. The van der Waals surface area contributed by atoms with E-state index in [1.807, 2.05) is 6.08 Å². The second-order valence-electron chi connectivity index (χ2n) is 19.9. The van der Waals surface area contributed by atoms with E-state index in [9.17, 15) is 14.4 Å².